The minimum atomic E-state index is -1.75. The Balaban J connectivity index is 2.23. The van der Waals surface area contributed by atoms with Gasteiger partial charge in [-0.25, -0.2) is 0 Å². The van der Waals surface area contributed by atoms with Gasteiger partial charge >= 0.3 is 5.97 Å². The highest BCUT2D eigenvalue weighted by Crippen LogP contribution is 2.42. The van der Waals surface area contributed by atoms with Crippen LogP contribution in [0, 0.1) is 5.41 Å². The molecule has 1 unspecified atom stereocenters. The summed E-state index contributed by atoms with van der Waals surface area (Å²) in [5.74, 6) is 0.685. The molecule has 2 rings (SSSR count). The molecule has 0 saturated heterocycles. The standard InChI is InChI=1S/C19H26O4Si/c1-15(20)23-14-19(10-5-7-17-8-6-12-22-17)11-9-16(21)13-18(19)24(2,3)4/h6,8-9,11-13H,5,7,10,14H2,1-4H3. The minimum Gasteiger partial charge on any atom is -0.469 e. The predicted octanol–water partition coefficient (Wildman–Crippen LogP) is 4.09. The predicted molar refractivity (Wildman–Crippen MR) is 96.3 cm³/mol. The number of hydrogen-bond donors (Lipinski definition) is 0. The van der Waals surface area contributed by atoms with Crippen LogP contribution in [-0.4, -0.2) is 26.4 Å². The van der Waals surface area contributed by atoms with E-state index in [4.69, 9.17) is 9.15 Å². The van der Waals surface area contributed by atoms with E-state index in [1.165, 1.54) is 6.92 Å². The van der Waals surface area contributed by atoms with Gasteiger partial charge in [-0.3, -0.25) is 9.59 Å². The third-order valence-electron chi connectivity index (χ3n) is 4.36. The van der Waals surface area contributed by atoms with E-state index in [-0.39, 0.29) is 17.2 Å². The molecule has 24 heavy (non-hydrogen) atoms. The number of furan rings is 1. The van der Waals surface area contributed by atoms with Crippen LogP contribution in [0.2, 0.25) is 19.6 Å². The molecule has 0 aliphatic heterocycles. The van der Waals surface area contributed by atoms with Gasteiger partial charge in [0.05, 0.1) is 14.3 Å². The zero-order valence-corrected chi connectivity index (χ0v) is 15.9. The van der Waals surface area contributed by atoms with Gasteiger partial charge in [0.2, 0.25) is 0 Å². The summed E-state index contributed by atoms with van der Waals surface area (Å²) >= 11 is 0. The summed E-state index contributed by atoms with van der Waals surface area (Å²) in [5, 5.41) is 1.16. The first-order chi connectivity index (χ1) is 11.2. The topological polar surface area (TPSA) is 56.5 Å². The number of allylic oxidation sites excluding steroid dienone is 2. The SMILES string of the molecule is CC(=O)OCC1(CCCc2ccco2)C=CC(=O)C=C1[Si](C)(C)C. The van der Waals surface area contributed by atoms with Crippen molar-refractivity contribution in [1.82, 2.24) is 0 Å². The third kappa shape index (κ3) is 4.57. The zero-order valence-electron chi connectivity index (χ0n) is 14.9. The van der Waals surface area contributed by atoms with Gasteiger partial charge < -0.3 is 9.15 Å². The molecule has 1 aliphatic rings. The molecule has 1 aromatic rings. The third-order valence-corrected chi connectivity index (χ3v) is 6.62. The Labute approximate surface area is 144 Å². The summed E-state index contributed by atoms with van der Waals surface area (Å²) < 4.78 is 10.8. The highest BCUT2D eigenvalue weighted by atomic mass is 28.3. The number of ether oxygens (including phenoxy) is 1. The average Bonchev–Trinajstić information content (AvgIpc) is 2.99. The maximum Gasteiger partial charge on any atom is 0.302 e. The molecular weight excluding hydrogens is 320 g/mol. The van der Waals surface area contributed by atoms with Crippen molar-refractivity contribution in [3.8, 4) is 0 Å². The number of carbonyl (C=O) groups is 2. The molecule has 0 saturated carbocycles. The second kappa shape index (κ2) is 7.34. The van der Waals surface area contributed by atoms with Crippen molar-refractivity contribution in [3.05, 3.63) is 47.6 Å². The summed E-state index contributed by atoms with van der Waals surface area (Å²) in [5.41, 5.74) is -0.378. The molecule has 0 spiro atoms. The van der Waals surface area contributed by atoms with Gasteiger partial charge in [-0.2, -0.15) is 0 Å². The van der Waals surface area contributed by atoms with E-state index >= 15 is 0 Å². The van der Waals surface area contributed by atoms with E-state index < -0.39 is 8.07 Å². The van der Waals surface area contributed by atoms with Crippen molar-refractivity contribution in [2.24, 2.45) is 5.41 Å². The Morgan fingerprint density at radius 3 is 2.67 bits per heavy atom. The average molecular weight is 346 g/mol. The van der Waals surface area contributed by atoms with Crippen LogP contribution in [0.5, 0.6) is 0 Å². The minimum absolute atomic E-state index is 0.0249. The van der Waals surface area contributed by atoms with Crippen LogP contribution in [0.25, 0.3) is 0 Å². The van der Waals surface area contributed by atoms with Gasteiger partial charge in [0, 0.05) is 18.8 Å². The van der Waals surface area contributed by atoms with Gasteiger partial charge in [-0.1, -0.05) is 30.9 Å². The number of hydrogen-bond acceptors (Lipinski definition) is 4. The molecule has 1 aromatic heterocycles. The molecule has 5 heteroatoms. The molecule has 0 radical (unpaired) electrons. The van der Waals surface area contributed by atoms with Crippen molar-refractivity contribution in [3.63, 3.8) is 0 Å². The highest BCUT2D eigenvalue weighted by molar-refractivity contribution is 6.83. The number of ketones is 1. The highest BCUT2D eigenvalue weighted by Gasteiger charge is 2.41. The second-order valence-electron chi connectivity index (χ2n) is 7.41. The first kappa shape index (κ1) is 18.5. The lowest BCUT2D eigenvalue weighted by atomic mass is 9.79. The van der Waals surface area contributed by atoms with Crippen molar-refractivity contribution in [2.75, 3.05) is 6.61 Å². The fourth-order valence-electron chi connectivity index (χ4n) is 3.31. The lowest BCUT2D eigenvalue weighted by Crippen LogP contribution is -2.42. The largest absolute Gasteiger partial charge is 0.469 e. The van der Waals surface area contributed by atoms with Crippen LogP contribution in [0.4, 0.5) is 0 Å². The molecule has 0 N–H and O–H groups in total. The smallest absolute Gasteiger partial charge is 0.302 e. The number of esters is 1. The van der Waals surface area contributed by atoms with Crippen molar-refractivity contribution in [2.45, 2.75) is 45.8 Å². The summed E-state index contributed by atoms with van der Waals surface area (Å²) in [4.78, 5) is 23.3. The van der Waals surface area contributed by atoms with Gasteiger partial charge in [0.1, 0.15) is 12.4 Å². The fraction of sp³-hybridized carbons (Fsp3) is 0.474. The van der Waals surface area contributed by atoms with E-state index in [9.17, 15) is 9.59 Å². The lowest BCUT2D eigenvalue weighted by molar-refractivity contribution is -0.143. The quantitative estimate of drug-likeness (QED) is 0.551. The molecule has 4 nitrogen and oxygen atoms in total. The van der Waals surface area contributed by atoms with Crippen LogP contribution in [0.3, 0.4) is 0 Å². The van der Waals surface area contributed by atoms with Gasteiger partial charge in [0.15, 0.2) is 5.78 Å². The molecule has 0 amide bonds. The normalized spacial score (nSPS) is 20.8. The Morgan fingerprint density at radius 2 is 2.08 bits per heavy atom. The number of rotatable bonds is 7. The number of carbonyl (C=O) groups excluding carboxylic acids is 2. The summed E-state index contributed by atoms with van der Waals surface area (Å²) in [6.07, 6.45) is 9.55. The van der Waals surface area contributed by atoms with Gasteiger partial charge in [-0.15, -0.1) is 0 Å². The maximum absolute atomic E-state index is 11.9. The van der Waals surface area contributed by atoms with Crippen molar-refractivity contribution in [1.29, 1.82) is 0 Å². The number of aryl methyl sites for hydroxylation is 1. The van der Waals surface area contributed by atoms with Crippen LogP contribution in [-0.2, 0) is 20.7 Å². The Morgan fingerprint density at radius 1 is 1.33 bits per heavy atom. The Bertz CT molecular complexity index is 649. The monoisotopic (exact) mass is 346 g/mol. The Hall–Kier alpha value is -1.88. The zero-order chi connectivity index (χ0) is 17.8. The first-order valence-electron chi connectivity index (χ1n) is 8.34. The van der Waals surface area contributed by atoms with Gasteiger partial charge in [0.25, 0.3) is 0 Å². The van der Waals surface area contributed by atoms with Crippen LogP contribution >= 0.6 is 0 Å². The molecule has 1 heterocycles. The molecule has 0 fully saturated rings. The molecule has 1 aliphatic carbocycles. The molecule has 130 valence electrons. The van der Waals surface area contributed by atoms with E-state index in [1.54, 1.807) is 18.4 Å². The van der Waals surface area contributed by atoms with E-state index in [0.717, 1.165) is 30.2 Å². The second-order valence-corrected chi connectivity index (χ2v) is 12.5. The Kier molecular flexibility index (Phi) is 5.65. The first-order valence-corrected chi connectivity index (χ1v) is 11.8. The molecular formula is C19H26O4Si. The summed E-state index contributed by atoms with van der Waals surface area (Å²) in [6, 6.07) is 3.85. The van der Waals surface area contributed by atoms with Crippen LogP contribution in [0.15, 0.2) is 46.2 Å². The van der Waals surface area contributed by atoms with Gasteiger partial charge in [-0.05, 0) is 37.1 Å². The van der Waals surface area contributed by atoms with Crippen LogP contribution < -0.4 is 0 Å². The van der Waals surface area contributed by atoms with E-state index in [1.807, 2.05) is 18.2 Å². The molecule has 1 atom stereocenters. The summed E-state index contributed by atoms with van der Waals surface area (Å²) in [6.45, 7) is 8.38. The molecule has 0 bridgehead atoms. The lowest BCUT2D eigenvalue weighted by Gasteiger charge is -2.40. The maximum atomic E-state index is 11.9. The summed E-state index contributed by atoms with van der Waals surface area (Å²) in [7, 11) is -1.75. The van der Waals surface area contributed by atoms with E-state index in [2.05, 4.69) is 19.6 Å². The van der Waals surface area contributed by atoms with Crippen LogP contribution in [0.1, 0.15) is 25.5 Å². The van der Waals surface area contributed by atoms with Crippen molar-refractivity contribution >= 4 is 19.8 Å². The fourth-order valence-corrected chi connectivity index (χ4v) is 5.66. The van der Waals surface area contributed by atoms with E-state index in [0.29, 0.717) is 6.61 Å². The van der Waals surface area contributed by atoms with Crippen molar-refractivity contribution < 1.29 is 18.7 Å². The molecule has 0 aromatic carbocycles.